The van der Waals surface area contributed by atoms with Crippen LogP contribution in [0, 0.1) is 0 Å². The molecule has 0 atom stereocenters. The fourth-order valence-corrected chi connectivity index (χ4v) is 4.40. The number of ether oxygens (including phenoxy) is 1. The zero-order valence-electron chi connectivity index (χ0n) is 17.2. The van der Waals surface area contributed by atoms with E-state index in [1.807, 2.05) is 62.4 Å². The van der Waals surface area contributed by atoms with E-state index in [9.17, 15) is 9.59 Å². The van der Waals surface area contributed by atoms with Crippen LogP contribution < -0.4 is 15.0 Å². The van der Waals surface area contributed by atoms with Crippen LogP contribution in [-0.2, 0) is 7.05 Å². The Kier molecular flexibility index (Phi) is 3.86. The molecule has 4 aromatic rings. The average Bonchev–Trinajstić information content (AvgIpc) is 3.20. The number of carbonyl (C=O) groups is 2. The summed E-state index contributed by atoms with van der Waals surface area (Å²) in [5.41, 5.74) is 5.23. The van der Waals surface area contributed by atoms with E-state index in [1.54, 1.807) is 7.11 Å². The van der Waals surface area contributed by atoms with Gasteiger partial charge in [-0.2, -0.15) is 0 Å². The number of methoxy groups -OCH3 is 1. The first-order valence-electron chi connectivity index (χ1n) is 9.68. The van der Waals surface area contributed by atoms with E-state index in [1.165, 1.54) is 0 Å². The maximum atomic E-state index is 12.9. The summed E-state index contributed by atoms with van der Waals surface area (Å²) in [4.78, 5) is 27.8. The van der Waals surface area contributed by atoms with Gasteiger partial charge in [0.25, 0.3) is 11.8 Å². The number of nitrogens with zero attached hydrogens (tertiary/aromatic N) is 2. The molecule has 3 aromatic carbocycles. The SMILES string of the molecule is COc1ccccc1-c1cc2c(c3c1C(=O)NC3=O)c1cc(N(C)C)ccc1n2C. The normalized spacial score (nSPS) is 13.1. The highest BCUT2D eigenvalue weighted by Gasteiger charge is 2.34. The maximum Gasteiger partial charge on any atom is 0.259 e. The molecule has 30 heavy (non-hydrogen) atoms. The average molecular weight is 399 g/mol. The quantitative estimate of drug-likeness (QED) is 0.530. The molecule has 0 fully saturated rings. The van der Waals surface area contributed by atoms with Gasteiger partial charge in [-0.25, -0.2) is 0 Å². The highest BCUT2D eigenvalue weighted by Crippen LogP contribution is 2.42. The Morgan fingerprint density at radius 3 is 2.37 bits per heavy atom. The third-order valence-electron chi connectivity index (χ3n) is 5.87. The number of hydrogen-bond donors (Lipinski definition) is 1. The molecular weight excluding hydrogens is 378 g/mol. The Hall–Kier alpha value is -3.80. The van der Waals surface area contributed by atoms with Crippen molar-refractivity contribution in [3.8, 4) is 16.9 Å². The highest BCUT2D eigenvalue weighted by molar-refractivity contribution is 6.32. The van der Waals surface area contributed by atoms with Gasteiger partial charge in [-0.15, -0.1) is 0 Å². The first-order valence-corrected chi connectivity index (χ1v) is 9.68. The summed E-state index contributed by atoms with van der Waals surface area (Å²) in [6, 6.07) is 15.7. The third kappa shape index (κ3) is 2.37. The van der Waals surface area contributed by atoms with Gasteiger partial charge in [0.2, 0.25) is 0 Å². The van der Waals surface area contributed by atoms with E-state index in [4.69, 9.17) is 4.74 Å². The lowest BCUT2D eigenvalue weighted by atomic mass is 9.92. The molecule has 0 radical (unpaired) electrons. The van der Waals surface area contributed by atoms with Gasteiger partial charge >= 0.3 is 0 Å². The zero-order chi connectivity index (χ0) is 21.2. The van der Waals surface area contributed by atoms with Crippen molar-refractivity contribution in [1.29, 1.82) is 0 Å². The van der Waals surface area contributed by atoms with Crippen molar-refractivity contribution in [2.24, 2.45) is 7.05 Å². The van der Waals surface area contributed by atoms with E-state index < -0.39 is 0 Å². The molecule has 6 heteroatoms. The van der Waals surface area contributed by atoms with Crippen LogP contribution >= 0.6 is 0 Å². The van der Waals surface area contributed by atoms with Crippen molar-refractivity contribution < 1.29 is 14.3 Å². The van der Waals surface area contributed by atoms with Crippen molar-refractivity contribution in [3.63, 3.8) is 0 Å². The molecule has 0 saturated carbocycles. The number of para-hydroxylation sites is 1. The second kappa shape index (κ2) is 6.35. The molecule has 2 heterocycles. The monoisotopic (exact) mass is 399 g/mol. The number of imide groups is 1. The molecule has 1 aliphatic heterocycles. The molecule has 0 saturated heterocycles. The zero-order valence-corrected chi connectivity index (χ0v) is 17.2. The topological polar surface area (TPSA) is 63.6 Å². The molecule has 2 amide bonds. The predicted molar refractivity (Wildman–Crippen MR) is 119 cm³/mol. The Balaban J connectivity index is 1.98. The van der Waals surface area contributed by atoms with Crippen molar-refractivity contribution in [1.82, 2.24) is 9.88 Å². The van der Waals surface area contributed by atoms with E-state index in [-0.39, 0.29) is 11.8 Å². The molecule has 150 valence electrons. The number of carbonyl (C=O) groups excluding carboxylic acids is 2. The smallest absolute Gasteiger partial charge is 0.259 e. The van der Waals surface area contributed by atoms with Gasteiger partial charge in [0, 0.05) is 54.2 Å². The summed E-state index contributed by atoms with van der Waals surface area (Å²) in [7, 11) is 7.54. The first kappa shape index (κ1) is 18.2. The second-order valence-electron chi connectivity index (χ2n) is 7.71. The second-order valence-corrected chi connectivity index (χ2v) is 7.71. The van der Waals surface area contributed by atoms with E-state index in [2.05, 4.69) is 22.0 Å². The van der Waals surface area contributed by atoms with Gasteiger partial charge in [0.05, 0.1) is 23.8 Å². The molecule has 5 rings (SSSR count). The van der Waals surface area contributed by atoms with Crippen LogP contribution in [0.25, 0.3) is 32.9 Å². The van der Waals surface area contributed by atoms with E-state index in [0.29, 0.717) is 22.4 Å². The van der Waals surface area contributed by atoms with Gasteiger partial charge in [-0.1, -0.05) is 18.2 Å². The van der Waals surface area contributed by atoms with Crippen molar-refractivity contribution in [3.05, 3.63) is 59.7 Å². The lowest BCUT2D eigenvalue weighted by molar-refractivity contribution is 0.0880. The van der Waals surface area contributed by atoms with E-state index >= 15 is 0 Å². The first-order chi connectivity index (χ1) is 14.4. The van der Waals surface area contributed by atoms with Crippen molar-refractivity contribution in [2.75, 3.05) is 26.1 Å². The highest BCUT2D eigenvalue weighted by atomic mass is 16.5. The molecule has 6 nitrogen and oxygen atoms in total. The van der Waals surface area contributed by atoms with Crippen LogP contribution in [0.3, 0.4) is 0 Å². The molecule has 0 aliphatic carbocycles. The minimum atomic E-state index is -0.376. The van der Waals surface area contributed by atoms with Crippen LogP contribution in [0.2, 0.25) is 0 Å². The lowest BCUT2D eigenvalue weighted by Gasteiger charge is -2.13. The largest absolute Gasteiger partial charge is 0.496 e. The maximum absolute atomic E-state index is 12.9. The third-order valence-corrected chi connectivity index (χ3v) is 5.87. The molecule has 0 unspecified atom stereocenters. The minimum absolute atomic E-state index is 0.362. The number of nitrogens with one attached hydrogen (secondary N) is 1. The number of amides is 2. The Bertz CT molecular complexity index is 1380. The van der Waals surface area contributed by atoms with Crippen molar-refractivity contribution >= 4 is 39.3 Å². The number of hydrogen-bond acceptors (Lipinski definition) is 4. The summed E-state index contributed by atoms with van der Waals surface area (Å²) >= 11 is 0. The summed E-state index contributed by atoms with van der Waals surface area (Å²) in [6.45, 7) is 0. The van der Waals surface area contributed by atoms with Gasteiger partial charge in [0.1, 0.15) is 5.75 Å². The fourth-order valence-electron chi connectivity index (χ4n) is 4.40. The summed E-state index contributed by atoms with van der Waals surface area (Å²) in [5.74, 6) is -0.0852. The molecule has 1 aromatic heterocycles. The van der Waals surface area contributed by atoms with Crippen LogP contribution in [0.4, 0.5) is 5.69 Å². The number of fused-ring (bicyclic) bond motifs is 5. The Morgan fingerprint density at radius 2 is 1.63 bits per heavy atom. The standard InChI is InChI=1S/C24H21N3O3/c1-26(2)13-9-10-17-16(11-13)20-18(27(17)3)12-15(14-7-5-6-8-19(14)30-4)21-22(20)24(29)25-23(21)28/h5-12H,1-4H3,(H,25,28,29). The van der Waals surface area contributed by atoms with Crippen LogP contribution in [0.15, 0.2) is 48.5 Å². The predicted octanol–water partition coefficient (Wildman–Crippen LogP) is 3.96. The van der Waals surface area contributed by atoms with Crippen LogP contribution in [0.5, 0.6) is 5.75 Å². The Labute approximate surface area is 173 Å². The molecule has 0 bridgehead atoms. The molecular formula is C24H21N3O3. The van der Waals surface area contributed by atoms with Crippen molar-refractivity contribution in [2.45, 2.75) is 0 Å². The van der Waals surface area contributed by atoms with Crippen LogP contribution in [0.1, 0.15) is 20.7 Å². The Morgan fingerprint density at radius 1 is 0.900 bits per heavy atom. The molecule has 1 N–H and O–H groups in total. The number of anilines is 1. The number of aryl methyl sites for hydroxylation is 1. The molecule has 0 spiro atoms. The molecule has 1 aliphatic rings. The number of aromatic nitrogens is 1. The van der Waals surface area contributed by atoms with Gasteiger partial charge < -0.3 is 14.2 Å². The lowest BCUT2D eigenvalue weighted by Crippen LogP contribution is -2.20. The number of benzene rings is 3. The fraction of sp³-hybridized carbons (Fsp3) is 0.167. The summed E-state index contributed by atoms with van der Waals surface area (Å²) < 4.78 is 7.60. The van der Waals surface area contributed by atoms with Gasteiger partial charge in [-0.05, 0) is 30.3 Å². The van der Waals surface area contributed by atoms with Gasteiger partial charge in [0.15, 0.2) is 0 Å². The number of rotatable bonds is 3. The summed E-state index contributed by atoms with van der Waals surface area (Å²) in [5, 5.41) is 4.24. The summed E-state index contributed by atoms with van der Waals surface area (Å²) in [6.07, 6.45) is 0. The van der Waals surface area contributed by atoms with E-state index in [0.717, 1.165) is 33.1 Å². The van der Waals surface area contributed by atoms with Crippen LogP contribution in [-0.4, -0.2) is 37.6 Å². The van der Waals surface area contributed by atoms with Gasteiger partial charge in [-0.3, -0.25) is 14.9 Å². The minimum Gasteiger partial charge on any atom is -0.496 e.